The summed E-state index contributed by atoms with van der Waals surface area (Å²) >= 11 is 0. The quantitative estimate of drug-likeness (QED) is 0.521. The predicted octanol–water partition coefficient (Wildman–Crippen LogP) is 2.42. The van der Waals surface area contributed by atoms with Gasteiger partial charge >= 0.3 is 6.03 Å². The van der Waals surface area contributed by atoms with Gasteiger partial charge in [0, 0.05) is 37.4 Å². The minimum Gasteiger partial charge on any atom is -0.373 e. The van der Waals surface area contributed by atoms with Crippen LogP contribution in [-0.4, -0.2) is 48.3 Å². The van der Waals surface area contributed by atoms with Crippen molar-refractivity contribution in [1.29, 1.82) is 0 Å². The molecule has 5 rings (SSSR count). The lowest BCUT2D eigenvalue weighted by Gasteiger charge is -2.25. The summed E-state index contributed by atoms with van der Waals surface area (Å²) in [7, 11) is 3.67. The first-order chi connectivity index (χ1) is 14.5. The second kappa shape index (κ2) is 7.06. The Morgan fingerprint density at radius 2 is 2.13 bits per heavy atom. The van der Waals surface area contributed by atoms with Gasteiger partial charge in [-0.05, 0) is 30.9 Å². The number of anilines is 1. The van der Waals surface area contributed by atoms with Gasteiger partial charge in [0.05, 0.1) is 12.7 Å². The maximum Gasteiger partial charge on any atom is 0.325 e. The zero-order valence-electron chi connectivity index (χ0n) is 16.8. The minimum absolute atomic E-state index is 0.353. The van der Waals surface area contributed by atoms with E-state index >= 15 is 0 Å². The number of hydrogen-bond acceptors (Lipinski definition) is 7. The van der Waals surface area contributed by atoms with Gasteiger partial charge in [0.15, 0.2) is 22.8 Å². The van der Waals surface area contributed by atoms with Crippen LogP contribution in [0.15, 0.2) is 24.8 Å². The summed E-state index contributed by atoms with van der Waals surface area (Å²) < 4.78 is 9.08. The van der Waals surface area contributed by atoms with Crippen molar-refractivity contribution in [1.82, 2.24) is 29.1 Å². The molecule has 0 bridgehead atoms. The number of aromatic nitrogens is 6. The van der Waals surface area contributed by atoms with Crippen molar-refractivity contribution in [3.8, 4) is 11.4 Å². The number of carbonyl (C=O) groups excluding carboxylic acids is 1. The fourth-order valence-electron chi connectivity index (χ4n) is 3.67. The Morgan fingerprint density at radius 3 is 2.83 bits per heavy atom. The van der Waals surface area contributed by atoms with E-state index in [0.717, 1.165) is 35.0 Å². The van der Waals surface area contributed by atoms with Gasteiger partial charge in [-0.25, -0.2) is 29.3 Å². The molecule has 0 unspecified atom stereocenters. The molecule has 0 spiro atoms. The van der Waals surface area contributed by atoms with Crippen LogP contribution in [0.2, 0.25) is 0 Å². The van der Waals surface area contributed by atoms with Gasteiger partial charge in [-0.1, -0.05) is 0 Å². The predicted molar refractivity (Wildman–Crippen MR) is 112 cm³/mol. The second-order valence-electron chi connectivity index (χ2n) is 7.50. The van der Waals surface area contributed by atoms with E-state index < -0.39 is 6.03 Å². The van der Waals surface area contributed by atoms with E-state index in [9.17, 15) is 4.79 Å². The molecule has 0 radical (unpaired) electrons. The number of nitrogens with zero attached hydrogens (tertiary/aromatic N) is 6. The number of rotatable bonds is 5. The van der Waals surface area contributed by atoms with E-state index in [4.69, 9.17) is 10.5 Å². The molecule has 3 N–H and O–H groups in total. The van der Waals surface area contributed by atoms with Crippen LogP contribution in [0.4, 0.5) is 10.6 Å². The number of amides is 1. The van der Waals surface area contributed by atoms with Crippen molar-refractivity contribution in [2.45, 2.75) is 32.0 Å². The number of nitrogens with two attached hydrogens (primary N) is 1. The molecule has 1 aliphatic rings. The molecule has 10 heteroatoms. The Kier molecular flexibility index (Phi) is 4.35. The van der Waals surface area contributed by atoms with E-state index in [-0.39, 0.29) is 0 Å². The highest BCUT2D eigenvalue weighted by Crippen LogP contribution is 2.31. The highest BCUT2D eigenvalue weighted by Gasteiger charge is 2.20. The van der Waals surface area contributed by atoms with Crippen molar-refractivity contribution < 1.29 is 9.53 Å². The Balaban J connectivity index is 1.63. The molecular weight excluding hydrogens is 384 g/mol. The molecule has 30 heavy (non-hydrogen) atoms. The van der Waals surface area contributed by atoms with Crippen LogP contribution in [0.25, 0.3) is 33.6 Å². The van der Waals surface area contributed by atoms with Gasteiger partial charge in [0.2, 0.25) is 0 Å². The van der Waals surface area contributed by atoms with Crippen molar-refractivity contribution in [2.75, 3.05) is 12.4 Å². The van der Waals surface area contributed by atoms with Crippen LogP contribution in [-0.2, 0) is 18.4 Å². The summed E-state index contributed by atoms with van der Waals surface area (Å²) in [6.45, 7) is 0.526. The summed E-state index contributed by atoms with van der Waals surface area (Å²) in [5, 5.41) is 3.94. The summed E-state index contributed by atoms with van der Waals surface area (Å²) in [5.41, 5.74) is 8.92. The maximum atomic E-state index is 11.8. The minimum atomic E-state index is -0.654. The highest BCUT2D eigenvalue weighted by atomic mass is 16.5. The zero-order chi connectivity index (χ0) is 20.8. The Hall–Kier alpha value is -3.53. The summed E-state index contributed by atoms with van der Waals surface area (Å²) in [6, 6.07) is 1.41. The molecular formula is C20H22N8O2. The molecule has 1 aliphatic carbocycles. The third-order valence-electron chi connectivity index (χ3n) is 5.52. The monoisotopic (exact) mass is 406 g/mol. The topological polar surface area (TPSA) is 126 Å². The largest absolute Gasteiger partial charge is 0.373 e. The Morgan fingerprint density at radius 1 is 1.30 bits per heavy atom. The maximum absolute atomic E-state index is 11.8. The van der Waals surface area contributed by atoms with Crippen LogP contribution in [0.5, 0.6) is 0 Å². The first-order valence-corrected chi connectivity index (χ1v) is 9.83. The lowest BCUT2D eigenvalue weighted by atomic mass is 9.96. The van der Waals surface area contributed by atoms with Crippen LogP contribution >= 0.6 is 0 Å². The van der Waals surface area contributed by atoms with E-state index in [0.29, 0.717) is 35.5 Å². The lowest BCUT2D eigenvalue weighted by Crippen LogP contribution is -2.21. The number of hydrogen-bond donors (Lipinski definition) is 2. The average Bonchev–Trinajstić information content (AvgIpc) is 3.27. The van der Waals surface area contributed by atoms with Crippen LogP contribution in [0.1, 0.15) is 24.8 Å². The summed E-state index contributed by atoms with van der Waals surface area (Å²) in [4.78, 5) is 29.8. The molecule has 4 aromatic heterocycles. The molecule has 4 aromatic rings. The van der Waals surface area contributed by atoms with Crippen LogP contribution in [0, 0.1) is 0 Å². The molecule has 0 saturated heterocycles. The normalized spacial score (nSPS) is 14.3. The van der Waals surface area contributed by atoms with Gasteiger partial charge < -0.3 is 20.4 Å². The van der Waals surface area contributed by atoms with Crippen molar-refractivity contribution in [2.24, 2.45) is 12.8 Å². The number of pyridine rings is 1. The standard InChI is InChI=1S/C20H22N8O2/c1-22-17-15-19(28(10-24-15)20(21)29)26-16(25-17)14-8-27(2)18-13(14)6-11(7-23-18)9-30-12-4-3-5-12/h6-8,10,12H,3-5,9H2,1-2H3,(H2,21,29)(H,22,25,26). The lowest BCUT2D eigenvalue weighted by molar-refractivity contribution is -0.00871. The molecule has 1 saturated carbocycles. The van der Waals surface area contributed by atoms with Crippen LogP contribution in [0.3, 0.4) is 0 Å². The smallest absolute Gasteiger partial charge is 0.325 e. The molecule has 10 nitrogen and oxygen atoms in total. The summed E-state index contributed by atoms with van der Waals surface area (Å²) in [5.74, 6) is 0.976. The number of carbonyl (C=O) groups is 1. The molecule has 4 heterocycles. The van der Waals surface area contributed by atoms with Crippen LogP contribution < -0.4 is 11.1 Å². The number of fused-ring (bicyclic) bond motifs is 2. The van der Waals surface area contributed by atoms with E-state index in [1.54, 1.807) is 7.05 Å². The second-order valence-corrected chi connectivity index (χ2v) is 7.50. The fraction of sp³-hybridized carbons (Fsp3) is 0.350. The van der Waals surface area contributed by atoms with E-state index in [2.05, 4.69) is 31.3 Å². The van der Waals surface area contributed by atoms with Gasteiger partial charge in [0.1, 0.15) is 12.0 Å². The summed E-state index contributed by atoms with van der Waals surface area (Å²) in [6.07, 6.45) is 8.97. The fourth-order valence-corrected chi connectivity index (χ4v) is 3.67. The number of ether oxygens (including phenoxy) is 1. The van der Waals surface area contributed by atoms with E-state index in [1.165, 1.54) is 17.3 Å². The Labute approximate surface area is 172 Å². The SMILES string of the molecule is CNc1nc(-c2cn(C)c3ncc(COC4CCC4)cc23)nc2c1ncn2C(N)=O. The van der Waals surface area contributed by atoms with Gasteiger partial charge in [-0.2, -0.15) is 0 Å². The van der Waals surface area contributed by atoms with Crippen molar-refractivity contribution in [3.63, 3.8) is 0 Å². The first-order valence-electron chi connectivity index (χ1n) is 9.83. The van der Waals surface area contributed by atoms with Gasteiger partial charge in [-0.15, -0.1) is 0 Å². The molecule has 154 valence electrons. The van der Waals surface area contributed by atoms with Crippen molar-refractivity contribution >= 4 is 34.0 Å². The number of aryl methyl sites for hydroxylation is 1. The molecule has 0 aliphatic heterocycles. The van der Waals surface area contributed by atoms with Crippen molar-refractivity contribution in [3.05, 3.63) is 30.4 Å². The number of primary amides is 1. The highest BCUT2D eigenvalue weighted by molar-refractivity contribution is 5.96. The third kappa shape index (κ3) is 2.96. The molecule has 1 amide bonds. The Bertz CT molecular complexity index is 1270. The first kappa shape index (κ1) is 18.5. The van der Waals surface area contributed by atoms with Gasteiger partial charge in [0.25, 0.3) is 0 Å². The van der Waals surface area contributed by atoms with Gasteiger partial charge in [-0.3, -0.25) is 0 Å². The molecule has 0 aromatic carbocycles. The number of nitrogens with one attached hydrogen (secondary N) is 1. The average molecular weight is 406 g/mol. The molecule has 0 atom stereocenters. The molecule has 1 fully saturated rings. The zero-order valence-corrected chi connectivity index (χ0v) is 16.8. The van der Waals surface area contributed by atoms with E-state index in [1.807, 2.05) is 24.0 Å². The number of imidazole rings is 1. The third-order valence-corrected chi connectivity index (χ3v) is 5.52.